The topological polar surface area (TPSA) is 47.8 Å². The maximum absolute atomic E-state index is 11.0. The molecule has 1 heterocycles. The lowest BCUT2D eigenvalue weighted by Crippen LogP contribution is -2.13. The van der Waals surface area contributed by atoms with Gasteiger partial charge in [-0.15, -0.1) is 5.10 Å². The number of nitrogens with zero attached hydrogens (tertiary/aromatic N) is 3. The Labute approximate surface area is 83.3 Å². The summed E-state index contributed by atoms with van der Waals surface area (Å²) in [6, 6.07) is 0.205. The molecule has 2 rings (SSSR count). The molecule has 0 aliphatic heterocycles. The molecule has 0 spiro atoms. The molecule has 1 aliphatic rings. The van der Waals surface area contributed by atoms with E-state index in [9.17, 15) is 4.79 Å². The Morgan fingerprint density at radius 1 is 1.50 bits per heavy atom. The standard InChI is InChI=1S/C10H15N3O/c1-7(2)13-9(6-14)10(11-12-13)8-4-3-5-8/h6-8H,3-5H2,1-2H3. The lowest BCUT2D eigenvalue weighted by molar-refractivity contribution is 0.111. The number of hydrogen-bond donors (Lipinski definition) is 0. The molecular formula is C10H15N3O. The molecule has 0 N–H and O–H groups in total. The predicted molar refractivity (Wildman–Crippen MR) is 52.4 cm³/mol. The Balaban J connectivity index is 2.35. The normalized spacial score (nSPS) is 17.1. The fraction of sp³-hybridized carbons (Fsp3) is 0.700. The molecule has 0 aromatic carbocycles. The van der Waals surface area contributed by atoms with Gasteiger partial charge < -0.3 is 0 Å². The molecule has 0 saturated heterocycles. The van der Waals surface area contributed by atoms with E-state index >= 15 is 0 Å². The molecule has 1 saturated carbocycles. The van der Waals surface area contributed by atoms with Crippen LogP contribution in [0.25, 0.3) is 0 Å². The summed E-state index contributed by atoms with van der Waals surface area (Å²) in [5.41, 5.74) is 1.57. The average molecular weight is 193 g/mol. The third-order valence-electron chi connectivity index (χ3n) is 2.85. The molecule has 4 nitrogen and oxygen atoms in total. The number of carbonyl (C=O) groups excluding carboxylic acids is 1. The van der Waals surface area contributed by atoms with Gasteiger partial charge >= 0.3 is 0 Å². The molecule has 0 amide bonds. The molecule has 14 heavy (non-hydrogen) atoms. The maximum atomic E-state index is 11.0. The summed E-state index contributed by atoms with van der Waals surface area (Å²) in [5, 5.41) is 8.14. The number of carbonyl (C=O) groups is 1. The number of aromatic nitrogens is 3. The molecule has 1 aromatic heterocycles. The van der Waals surface area contributed by atoms with Crippen molar-refractivity contribution in [3.8, 4) is 0 Å². The van der Waals surface area contributed by atoms with E-state index in [1.165, 1.54) is 6.42 Å². The smallest absolute Gasteiger partial charge is 0.170 e. The van der Waals surface area contributed by atoms with Crippen LogP contribution in [0.2, 0.25) is 0 Å². The average Bonchev–Trinajstić information content (AvgIpc) is 2.44. The molecule has 0 atom stereocenters. The second-order valence-corrected chi connectivity index (χ2v) is 4.14. The van der Waals surface area contributed by atoms with Crippen LogP contribution in [-0.2, 0) is 0 Å². The largest absolute Gasteiger partial charge is 0.296 e. The third-order valence-corrected chi connectivity index (χ3v) is 2.85. The summed E-state index contributed by atoms with van der Waals surface area (Å²) in [5.74, 6) is 0.475. The summed E-state index contributed by atoms with van der Waals surface area (Å²) in [6.45, 7) is 4.01. The van der Waals surface area contributed by atoms with E-state index in [1.54, 1.807) is 4.68 Å². The van der Waals surface area contributed by atoms with Crippen LogP contribution in [0.1, 0.15) is 61.3 Å². The molecule has 1 aromatic rings. The first kappa shape index (κ1) is 9.37. The molecule has 1 fully saturated rings. The number of aldehydes is 1. The highest BCUT2D eigenvalue weighted by Crippen LogP contribution is 2.36. The van der Waals surface area contributed by atoms with Crippen LogP contribution >= 0.6 is 0 Å². The van der Waals surface area contributed by atoms with Gasteiger partial charge in [-0.05, 0) is 26.7 Å². The first-order chi connectivity index (χ1) is 6.74. The summed E-state index contributed by atoms with van der Waals surface area (Å²) >= 11 is 0. The lowest BCUT2D eigenvalue weighted by atomic mass is 9.82. The highest BCUT2D eigenvalue weighted by atomic mass is 16.1. The molecule has 1 aliphatic carbocycles. The second kappa shape index (κ2) is 3.52. The van der Waals surface area contributed by atoms with Crippen molar-refractivity contribution in [1.29, 1.82) is 0 Å². The number of rotatable bonds is 3. The highest BCUT2D eigenvalue weighted by Gasteiger charge is 2.27. The zero-order valence-corrected chi connectivity index (χ0v) is 8.60. The van der Waals surface area contributed by atoms with Gasteiger partial charge in [0, 0.05) is 12.0 Å². The first-order valence-electron chi connectivity index (χ1n) is 5.14. The summed E-state index contributed by atoms with van der Waals surface area (Å²) in [4.78, 5) is 11.0. The Morgan fingerprint density at radius 2 is 2.21 bits per heavy atom. The van der Waals surface area contributed by atoms with E-state index < -0.39 is 0 Å². The lowest BCUT2D eigenvalue weighted by Gasteiger charge is -2.23. The van der Waals surface area contributed by atoms with E-state index in [4.69, 9.17) is 0 Å². The quantitative estimate of drug-likeness (QED) is 0.689. The van der Waals surface area contributed by atoms with Gasteiger partial charge in [-0.3, -0.25) is 4.79 Å². The van der Waals surface area contributed by atoms with Crippen molar-refractivity contribution in [2.45, 2.75) is 45.1 Å². The molecule has 0 bridgehead atoms. The van der Waals surface area contributed by atoms with Crippen molar-refractivity contribution in [3.63, 3.8) is 0 Å². The van der Waals surface area contributed by atoms with E-state index in [-0.39, 0.29) is 6.04 Å². The summed E-state index contributed by atoms with van der Waals surface area (Å²) < 4.78 is 1.71. The fourth-order valence-electron chi connectivity index (χ4n) is 1.78. The van der Waals surface area contributed by atoms with Gasteiger partial charge in [-0.25, -0.2) is 4.68 Å². The van der Waals surface area contributed by atoms with Crippen LogP contribution in [0.3, 0.4) is 0 Å². The van der Waals surface area contributed by atoms with Crippen LogP contribution in [0.15, 0.2) is 0 Å². The van der Waals surface area contributed by atoms with Gasteiger partial charge in [0.2, 0.25) is 0 Å². The molecule has 0 radical (unpaired) electrons. The minimum Gasteiger partial charge on any atom is -0.296 e. The van der Waals surface area contributed by atoms with Crippen LogP contribution in [0.5, 0.6) is 0 Å². The monoisotopic (exact) mass is 193 g/mol. The molecular weight excluding hydrogens is 178 g/mol. The van der Waals surface area contributed by atoms with Gasteiger partial charge in [0.1, 0.15) is 5.69 Å². The maximum Gasteiger partial charge on any atom is 0.170 e. The van der Waals surface area contributed by atoms with Gasteiger partial charge in [-0.1, -0.05) is 11.6 Å². The molecule has 4 heteroatoms. The van der Waals surface area contributed by atoms with Crippen molar-refractivity contribution in [1.82, 2.24) is 15.0 Å². The molecule has 0 unspecified atom stereocenters. The van der Waals surface area contributed by atoms with Crippen LogP contribution < -0.4 is 0 Å². The van der Waals surface area contributed by atoms with E-state index in [1.807, 2.05) is 13.8 Å². The van der Waals surface area contributed by atoms with Gasteiger partial charge in [0.05, 0.1) is 5.69 Å². The van der Waals surface area contributed by atoms with Crippen molar-refractivity contribution >= 4 is 6.29 Å². The van der Waals surface area contributed by atoms with Crippen molar-refractivity contribution in [2.24, 2.45) is 0 Å². The Kier molecular flexibility index (Phi) is 2.35. The zero-order valence-electron chi connectivity index (χ0n) is 8.60. The molecule has 76 valence electrons. The summed E-state index contributed by atoms with van der Waals surface area (Å²) in [6.07, 6.45) is 4.43. The van der Waals surface area contributed by atoms with Crippen molar-refractivity contribution in [2.75, 3.05) is 0 Å². The van der Waals surface area contributed by atoms with Crippen LogP contribution in [0.4, 0.5) is 0 Å². The van der Waals surface area contributed by atoms with E-state index in [0.717, 1.165) is 24.8 Å². The van der Waals surface area contributed by atoms with Gasteiger partial charge in [0.25, 0.3) is 0 Å². The second-order valence-electron chi connectivity index (χ2n) is 4.14. The van der Waals surface area contributed by atoms with Gasteiger partial charge in [-0.2, -0.15) is 0 Å². The Bertz CT molecular complexity index is 339. The van der Waals surface area contributed by atoms with Gasteiger partial charge in [0.15, 0.2) is 6.29 Å². The highest BCUT2D eigenvalue weighted by molar-refractivity contribution is 5.74. The van der Waals surface area contributed by atoms with Crippen molar-refractivity contribution < 1.29 is 4.79 Å². The summed E-state index contributed by atoms with van der Waals surface area (Å²) in [7, 11) is 0. The van der Waals surface area contributed by atoms with Crippen LogP contribution in [0, 0.1) is 0 Å². The van der Waals surface area contributed by atoms with Crippen molar-refractivity contribution in [3.05, 3.63) is 11.4 Å². The Hall–Kier alpha value is -1.19. The third kappa shape index (κ3) is 1.35. The van der Waals surface area contributed by atoms with Crippen LogP contribution in [-0.4, -0.2) is 21.3 Å². The Morgan fingerprint density at radius 3 is 2.64 bits per heavy atom. The predicted octanol–water partition coefficient (Wildman–Crippen LogP) is 1.94. The minimum absolute atomic E-state index is 0.205. The minimum atomic E-state index is 0.205. The SMILES string of the molecule is CC(C)n1nnc(C2CCC2)c1C=O. The van der Waals surface area contributed by atoms with E-state index in [2.05, 4.69) is 10.3 Å². The van der Waals surface area contributed by atoms with E-state index in [0.29, 0.717) is 11.6 Å². The first-order valence-corrected chi connectivity index (χ1v) is 5.14. The fourth-order valence-corrected chi connectivity index (χ4v) is 1.78. The zero-order chi connectivity index (χ0) is 10.1. The number of hydrogen-bond acceptors (Lipinski definition) is 3.